The van der Waals surface area contributed by atoms with Crippen LogP contribution in [0.5, 0.6) is 0 Å². The summed E-state index contributed by atoms with van der Waals surface area (Å²) in [6.07, 6.45) is 3.82. The van der Waals surface area contributed by atoms with Crippen molar-refractivity contribution in [3.8, 4) is 11.1 Å². The van der Waals surface area contributed by atoms with Gasteiger partial charge in [0.1, 0.15) is 5.82 Å². The Labute approximate surface area is 169 Å². The summed E-state index contributed by atoms with van der Waals surface area (Å²) in [5.74, 6) is 0.0174. The van der Waals surface area contributed by atoms with Gasteiger partial charge in [-0.3, -0.25) is 4.79 Å². The maximum absolute atomic E-state index is 13.8. The SMILES string of the molecule is Nc1ncc(-c2cccc(F)c2)c([C@@H]2CCCN(C(=O)Cc3ccccc3)C2)n1. The number of rotatable bonds is 4. The summed E-state index contributed by atoms with van der Waals surface area (Å²) in [6, 6.07) is 16.1. The van der Waals surface area contributed by atoms with Gasteiger partial charge in [-0.1, -0.05) is 42.5 Å². The number of nitrogens with two attached hydrogens (primary N) is 1. The highest BCUT2D eigenvalue weighted by molar-refractivity contribution is 5.79. The molecule has 0 spiro atoms. The van der Waals surface area contributed by atoms with Crippen molar-refractivity contribution < 1.29 is 9.18 Å². The standard InChI is InChI=1S/C23H23FN4O/c24-19-10-4-8-17(13-19)20-14-26-23(25)27-22(20)18-9-5-11-28(15-18)21(29)12-16-6-2-1-3-7-16/h1-4,6-8,10,13-14,18H,5,9,11-12,15H2,(H2,25,26,27)/t18-/m1/s1. The second-order valence-electron chi connectivity index (χ2n) is 7.38. The Morgan fingerprint density at radius 3 is 2.79 bits per heavy atom. The lowest BCUT2D eigenvalue weighted by molar-refractivity contribution is -0.131. The van der Waals surface area contributed by atoms with Crippen molar-refractivity contribution in [1.82, 2.24) is 14.9 Å². The summed E-state index contributed by atoms with van der Waals surface area (Å²) < 4.78 is 13.8. The van der Waals surface area contributed by atoms with Gasteiger partial charge in [-0.15, -0.1) is 0 Å². The molecule has 5 nitrogen and oxygen atoms in total. The first-order chi connectivity index (χ1) is 14.1. The van der Waals surface area contributed by atoms with Gasteiger partial charge in [-0.05, 0) is 36.1 Å². The predicted octanol–water partition coefficient (Wildman–Crippen LogP) is 3.81. The van der Waals surface area contributed by atoms with Gasteiger partial charge in [0, 0.05) is 30.8 Å². The lowest BCUT2D eigenvalue weighted by Crippen LogP contribution is -2.40. The van der Waals surface area contributed by atoms with Crippen molar-refractivity contribution in [3.63, 3.8) is 0 Å². The molecule has 0 aliphatic carbocycles. The lowest BCUT2D eigenvalue weighted by Gasteiger charge is -2.33. The number of aromatic nitrogens is 2. The third kappa shape index (κ3) is 4.42. The fourth-order valence-corrected chi connectivity index (χ4v) is 3.91. The lowest BCUT2D eigenvalue weighted by atomic mass is 9.89. The fourth-order valence-electron chi connectivity index (χ4n) is 3.91. The largest absolute Gasteiger partial charge is 0.368 e. The monoisotopic (exact) mass is 390 g/mol. The van der Waals surface area contributed by atoms with Gasteiger partial charge in [-0.2, -0.15) is 0 Å². The van der Waals surface area contributed by atoms with Crippen LogP contribution in [0.3, 0.4) is 0 Å². The second kappa shape index (κ2) is 8.39. The first-order valence-electron chi connectivity index (χ1n) is 9.80. The summed E-state index contributed by atoms with van der Waals surface area (Å²) >= 11 is 0. The van der Waals surface area contributed by atoms with E-state index in [0.717, 1.165) is 36.2 Å². The smallest absolute Gasteiger partial charge is 0.227 e. The molecule has 2 heterocycles. The Hall–Kier alpha value is -3.28. The number of hydrogen-bond donors (Lipinski definition) is 1. The van der Waals surface area contributed by atoms with Gasteiger partial charge in [0.15, 0.2) is 0 Å². The summed E-state index contributed by atoms with van der Waals surface area (Å²) in [4.78, 5) is 23.3. The fraction of sp³-hybridized carbons (Fsp3) is 0.261. The maximum atomic E-state index is 13.8. The van der Waals surface area contributed by atoms with E-state index in [-0.39, 0.29) is 23.6 Å². The number of hydrogen-bond acceptors (Lipinski definition) is 4. The number of likely N-dealkylation sites (tertiary alicyclic amines) is 1. The quantitative estimate of drug-likeness (QED) is 0.735. The molecule has 0 unspecified atom stereocenters. The third-order valence-electron chi connectivity index (χ3n) is 5.33. The van der Waals surface area contributed by atoms with Crippen molar-refractivity contribution in [2.45, 2.75) is 25.2 Å². The molecule has 1 atom stereocenters. The minimum atomic E-state index is -0.311. The number of carbonyl (C=O) groups is 1. The summed E-state index contributed by atoms with van der Waals surface area (Å²) in [7, 11) is 0. The number of nitrogen functional groups attached to an aromatic ring is 1. The van der Waals surface area contributed by atoms with Crippen LogP contribution in [-0.2, 0) is 11.2 Å². The van der Waals surface area contributed by atoms with Crippen LogP contribution in [0.4, 0.5) is 10.3 Å². The van der Waals surface area contributed by atoms with E-state index in [0.29, 0.717) is 18.5 Å². The van der Waals surface area contributed by atoms with Gasteiger partial charge >= 0.3 is 0 Å². The minimum Gasteiger partial charge on any atom is -0.368 e. The van der Waals surface area contributed by atoms with Gasteiger partial charge in [0.2, 0.25) is 11.9 Å². The van der Waals surface area contributed by atoms with Crippen LogP contribution < -0.4 is 5.73 Å². The van der Waals surface area contributed by atoms with E-state index in [4.69, 9.17) is 5.73 Å². The molecule has 1 aromatic heterocycles. The molecule has 0 radical (unpaired) electrons. The van der Waals surface area contributed by atoms with Gasteiger partial charge < -0.3 is 10.6 Å². The van der Waals surface area contributed by atoms with Crippen molar-refractivity contribution in [3.05, 3.63) is 77.9 Å². The zero-order valence-corrected chi connectivity index (χ0v) is 16.1. The molecule has 0 bridgehead atoms. The van der Waals surface area contributed by atoms with Crippen LogP contribution in [0.15, 0.2) is 60.8 Å². The predicted molar refractivity (Wildman–Crippen MR) is 111 cm³/mol. The summed E-state index contributed by atoms with van der Waals surface area (Å²) in [6.45, 7) is 1.31. The highest BCUT2D eigenvalue weighted by Crippen LogP contribution is 2.33. The molecule has 1 aliphatic heterocycles. The molecule has 3 aromatic rings. The number of amides is 1. The first-order valence-corrected chi connectivity index (χ1v) is 9.80. The molecule has 1 saturated heterocycles. The molecule has 1 aliphatic rings. The Balaban J connectivity index is 1.58. The zero-order valence-electron chi connectivity index (χ0n) is 16.1. The molecule has 2 N–H and O–H groups in total. The van der Waals surface area contributed by atoms with E-state index in [1.807, 2.05) is 41.3 Å². The molecular weight excluding hydrogens is 367 g/mol. The van der Waals surface area contributed by atoms with Crippen molar-refractivity contribution in [2.24, 2.45) is 0 Å². The van der Waals surface area contributed by atoms with Crippen molar-refractivity contribution >= 4 is 11.9 Å². The number of anilines is 1. The molecule has 29 heavy (non-hydrogen) atoms. The van der Waals surface area contributed by atoms with Crippen LogP contribution in [0.25, 0.3) is 11.1 Å². The average molecular weight is 390 g/mol. The van der Waals surface area contributed by atoms with E-state index in [1.54, 1.807) is 12.3 Å². The summed E-state index contributed by atoms with van der Waals surface area (Å²) in [5.41, 5.74) is 9.13. The highest BCUT2D eigenvalue weighted by Gasteiger charge is 2.28. The average Bonchev–Trinajstić information content (AvgIpc) is 2.74. The van der Waals surface area contributed by atoms with Gasteiger partial charge in [-0.25, -0.2) is 14.4 Å². The molecule has 148 valence electrons. The van der Waals surface area contributed by atoms with E-state index in [9.17, 15) is 9.18 Å². The van der Waals surface area contributed by atoms with Crippen LogP contribution in [0.2, 0.25) is 0 Å². The molecule has 1 fully saturated rings. The molecule has 0 saturated carbocycles. The van der Waals surface area contributed by atoms with E-state index < -0.39 is 0 Å². The first kappa shape index (κ1) is 19.1. The third-order valence-corrected chi connectivity index (χ3v) is 5.33. The van der Waals surface area contributed by atoms with Crippen LogP contribution in [0.1, 0.15) is 30.0 Å². The van der Waals surface area contributed by atoms with Gasteiger partial charge in [0.05, 0.1) is 12.1 Å². The number of piperidine rings is 1. The van der Waals surface area contributed by atoms with Crippen LogP contribution >= 0.6 is 0 Å². The van der Waals surface area contributed by atoms with Gasteiger partial charge in [0.25, 0.3) is 0 Å². The van der Waals surface area contributed by atoms with Crippen molar-refractivity contribution in [2.75, 3.05) is 18.8 Å². The van der Waals surface area contributed by atoms with Crippen LogP contribution in [0, 0.1) is 5.82 Å². The Kier molecular flexibility index (Phi) is 5.51. The Morgan fingerprint density at radius 2 is 2.00 bits per heavy atom. The number of halogens is 1. The minimum absolute atomic E-state index is 0.0343. The maximum Gasteiger partial charge on any atom is 0.227 e. The summed E-state index contributed by atoms with van der Waals surface area (Å²) in [5, 5.41) is 0. The molecule has 1 amide bonds. The van der Waals surface area contributed by atoms with E-state index >= 15 is 0 Å². The highest BCUT2D eigenvalue weighted by atomic mass is 19.1. The Morgan fingerprint density at radius 1 is 1.17 bits per heavy atom. The Bertz CT molecular complexity index is 1010. The normalized spacial score (nSPS) is 16.6. The number of nitrogens with zero attached hydrogens (tertiary/aromatic N) is 3. The molecular formula is C23H23FN4O. The van der Waals surface area contributed by atoms with Crippen LogP contribution in [-0.4, -0.2) is 33.9 Å². The number of carbonyl (C=O) groups excluding carboxylic acids is 1. The van der Waals surface area contributed by atoms with E-state index in [2.05, 4.69) is 9.97 Å². The number of benzene rings is 2. The van der Waals surface area contributed by atoms with Crippen molar-refractivity contribution in [1.29, 1.82) is 0 Å². The zero-order chi connectivity index (χ0) is 20.2. The molecule has 4 rings (SSSR count). The molecule has 6 heteroatoms. The van der Waals surface area contributed by atoms with E-state index in [1.165, 1.54) is 12.1 Å². The second-order valence-corrected chi connectivity index (χ2v) is 7.38. The molecule has 2 aromatic carbocycles. The topological polar surface area (TPSA) is 72.1 Å².